The maximum absolute atomic E-state index is 5.93. The average Bonchev–Trinajstić information content (AvgIpc) is 2.32. The second kappa shape index (κ2) is 5.32. The quantitative estimate of drug-likeness (QED) is 0.922. The Morgan fingerprint density at radius 1 is 1.19 bits per heavy atom. The van der Waals surface area contributed by atoms with Crippen molar-refractivity contribution in [3.8, 4) is 0 Å². The van der Waals surface area contributed by atoms with Crippen LogP contribution in [0.5, 0.6) is 0 Å². The van der Waals surface area contributed by atoms with Crippen molar-refractivity contribution in [3.63, 3.8) is 0 Å². The van der Waals surface area contributed by atoms with Crippen molar-refractivity contribution in [2.24, 2.45) is 0 Å². The molecule has 4 heteroatoms. The summed E-state index contributed by atoms with van der Waals surface area (Å²) in [5.74, 6) is 0. The van der Waals surface area contributed by atoms with Gasteiger partial charge in [-0.2, -0.15) is 0 Å². The second-order valence-electron chi connectivity index (χ2n) is 3.33. The molecule has 0 aliphatic rings. The van der Waals surface area contributed by atoms with Crippen LogP contribution in [0.3, 0.4) is 0 Å². The van der Waals surface area contributed by atoms with Gasteiger partial charge in [-0.3, -0.25) is 4.98 Å². The van der Waals surface area contributed by atoms with Gasteiger partial charge in [0.2, 0.25) is 0 Å². The number of rotatable bonds is 3. The number of nitrogens with zero attached hydrogens (tertiary/aromatic N) is 1. The zero-order valence-corrected chi connectivity index (χ0v) is 10.8. The SMILES string of the molecule is Clc1ccc(Br)c(NCc2ccncc2)c1. The van der Waals surface area contributed by atoms with E-state index in [2.05, 4.69) is 26.2 Å². The Morgan fingerprint density at radius 3 is 2.69 bits per heavy atom. The first-order chi connectivity index (χ1) is 7.75. The monoisotopic (exact) mass is 296 g/mol. The molecule has 0 atom stereocenters. The van der Waals surface area contributed by atoms with E-state index in [1.54, 1.807) is 12.4 Å². The Labute approximate surface area is 108 Å². The molecule has 0 aliphatic carbocycles. The van der Waals surface area contributed by atoms with E-state index in [0.29, 0.717) is 0 Å². The Bertz CT molecular complexity index is 474. The molecule has 2 nitrogen and oxygen atoms in total. The predicted molar refractivity (Wildman–Crippen MR) is 70.7 cm³/mol. The van der Waals surface area contributed by atoms with Gasteiger partial charge in [0.05, 0.1) is 5.69 Å². The minimum Gasteiger partial charge on any atom is -0.380 e. The molecule has 1 N–H and O–H groups in total. The Morgan fingerprint density at radius 2 is 1.94 bits per heavy atom. The molecule has 0 saturated heterocycles. The highest BCUT2D eigenvalue weighted by Crippen LogP contribution is 2.26. The number of hydrogen-bond donors (Lipinski definition) is 1. The number of halogens is 2. The third kappa shape index (κ3) is 2.97. The van der Waals surface area contributed by atoms with Gasteiger partial charge in [-0.1, -0.05) is 11.6 Å². The maximum Gasteiger partial charge on any atom is 0.0502 e. The second-order valence-corrected chi connectivity index (χ2v) is 4.62. The van der Waals surface area contributed by atoms with E-state index in [1.165, 1.54) is 5.56 Å². The molecule has 1 aromatic carbocycles. The Balaban J connectivity index is 2.08. The van der Waals surface area contributed by atoms with Crippen LogP contribution in [-0.4, -0.2) is 4.98 Å². The molecule has 2 rings (SSSR count). The summed E-state index contributed by atoms with van der Waals surface area (Å²) >= 11 is 9.40. The topological polar surface area (TPSA) is 24.9 Å². The summed E-state index contributed by atoms with van der Waals surface area (Å²) in [5.41, 5.74) is 2.17. The minimum atomic E-state index is 0.723. The van der Waals surface area contributed by atoms with Gasteiger partial charge in [0.1, 0.15) is 0 Å². The highest BCUT2D eigenvalue weighted by atomic mass is 79.9. The number of aromatic nitrogens is 1. The van der Waals surface area contributed by atoms with E-state index >= 15 is 0 Å². The molecule has 0 bridgehead atoms. The first kappa shape index (κ1) is 11.4. The average molecular weight is 298 g/mol. The van der Waals surface area contributed by atoms with Crippen LogP contribution >= 0.6 is 27.5 Å². The van der Waals surface area contributed by atoms with Crippen LogP contribution in [0.15, 0.2) is 47.2 Å². The minimum absolute atomic E-state index is 0.723. The summed E-state index contributed by atoms with van der Waals surface area (Å²) in [5, 5.41) is 4.03. The molecule has 0 amide bonds. The third-order valence-electron chi connectivity index (χ3n) is 2.16. The molecular formula is C12H10BrClN2. The molecule has 0 aliphatic heterocycles. The van der Waals surface area contributed by atoms with Crippen molar-refractivity contribution in [2.75, 3.05) is 5.32 Å². The van der Waals surface area contributed by atoms with Gasteiger partial charge < -0.3 is 5.32 Å². The number of anilines is 1. The summed E-state index contributed by atoms with van der Waals surface area (Å²) < 4.78 is 1.01. The van der Waals surface area contributed by atoms with Crippen LogP contribution in [0.2, 0.25) is 5.02 Å². The molecular weight excluding hydrogens is 288 g/mol. The highest BCUT2D eigenvalue weighted by molar-refractivity contribution is 9.10. The van der Waals surface area contributed by atoms with E-state index < -0.39 is 0 Å². The molecule has 0 fully saturated rings. The normalized spacial score (nSPS) is 10.1. The van der Waals surface area contributed by atoms with Crippen molar-refractivity contribution >= 4 is 33.2 Å². The lowest BCUT2D eigenvalue weighted by molar-refractivity contribution is 1.12. The Hall–Kier alpha value is -1.06. The molecule has 0 unspecified atom stereocenters. The van der Waals surface area contributed by atoms with Crippen molar-refractivity contribution in [3.05, 3.63) is 57.8 Å². The number of benzene rings is 1. The van der Waals surface area contributed by atoms with Crippen LogP contribution in [0.1, 0.15) is 5.56 Å². The van der Waals surface area contributed by atoms with Gasteiger partial charge in [-0.05, 0) is 51.8 Å². The third-order valence-corrected chi connectivity index (χ3v) is 3.09. The van der Waals surface area contributed by atoms with Crippen molar-refractivity contribution < 1.29 is 0 Å². The van der Waals surface area contributed by atoms with E-state index in [1.807, 2.05) is 30.3 Å². The Kier molecular flexibility index (Phi) is 3.80. The van der Waals surface area contributed by atoms with Crippen molar-refractivity contribution in [2.45, 2.75) is 6.54 Å². The zero-order valence-electron chi connectivity index (χ0n) is 8.45. The standard InChI is InChI=1S/C12H10BrClN2/c13-11-2-1-10(14)7-12(11)16-8-9-3-5-15-6-4-9/h1-7,16H,8H2. The fourth-order valence-corrected chi connectivity index (χ4v) is 1.89. The van der Waals surface area contributed by atoms with Gasteiger partial charge in [-0.15, -0.1) is 0 Å². The zero-order chi connectivity index (χ0) is 11.4. The molecule has 2 aromatic rings. The molecule has 1 heterocycles. The summed E-state index contributed by atoms with van der Waals surface area (Å²) in [6, 6.07) is 9.63. The van der Waals surface area contributed by atoms with Crippen molar-refractivity contribution in [1.82, 2.24) is 4.98 Å². The van der Waals surface area contributed by atoms with E-state index in [4.69, 9.17) is 11.6 Å². The van der Waals surface area contributed by atoms with Gasteiger partial charge in [-0.25, -0.2) is 0 Å². The predicted octanol–water partition coefficient (Wildman–Crippen LogP) is 4.11. The number of pyridine rings is 1. The molecule has 0 radical (unpaired) electrons. The lowest BCUT2D eigenvalue weighted by Gasteiger charge is -2.08. The lowest BCUT2D eigenvalue weighted by Crippen LogP contribution is -1.99. The molecule has 0 saturated carbocycles. The lowest BCUT2D eigenvalue weighted by atomic mass is 10.2. The maximum atomic E-state index is 5.93. The molecule has 1 aromatic heterocycles. The van der Waals surface area contributed by atoms with Gasteiger partial charge in [0, 0.05) is 28.4 Å². The van der Waals surface area contributed by atoms with Crippen LogP contribution in [-0.2, 0) is 6.54 Å². The van der Waals surface area contributed by atoms with Crippen LogP contribution in [0, 0.1) is 0 Å². The largest absolute Gasteiger partial charge is 0.380 e. The highest BCUT2D eigenvalue weighted by Gasteiger charge is 2.00. The smallest absolute Gasteiger partial charge is 0.0502 e. The summed E-state index contributed by atoms with van der Waals surface area (Å²) in [7, 11) is 0. The summed E-state index contributed by atoms with van der Waals surface area (Å²) in [4.78, 5) is 3.97. The van der Waals surface area contributed by atoms with Gasteiger partial charge in [0.15, 0.2) is 0 Å². The van der Waals surface area contributed by atoms with Gasteiger partial charge >= 0.3 is 0 Å². The van der Waals surface area contributed by atoms with Crippen LogP contribution < -0.4 is 5.32 Å². The van der Waals surface area contributed by atoms with E-state index in [9.17, 15) is 0 Å². The first-order valence-electron chi connectivity index (χ1n) is 4.83. The molecule has 0 spiro atoms. The van der Waals surface area contributed by atoms with E-state index in [-0.39, 0.29) is 0 Å². The molecule has 82 valence electrons. The van der Waals surface area contributed by atoms with Crippen LogP contribution in [0.4, 0.5) is 5.69 Å². The fourth-order valence-electron chi connectivity index (χ4n) is 1.33. The number of nitrogens with one attached hydrogen (secondary N) is 1. The molecule has 16 heavy (non-hydrogen) atoms. The number of hydrogen-bond acceptors (Lipinski definition) is 2. The van der Waals surface area contributed by atoms with Crippen molar-refractivity contribution in [1.29, 1.82) is 0 Å². The summed E-state index contributed by atoms with van der Waals surface area (Å²) in [6.07, 6.45) is 3.56. The fraction of sp³-hybridized carbons (Fsp3) is 0.0833. The summed E-state index contributed by atoms with van der Waals surface area (Å²) in [6.45, 7) is 0.751. The first-order valence-corrected chi connectivity index (χ1v) is 6.00. The van der Waals surface area contributed by atoms with Gasteiger partial charge in [0.25, 0.3) is 0 Å². The van der Waals surface area contributed by atoms with Crippen LogP contribution in [0.25, 0.3) is 0 Å². The van der Waals surface area contributed by atoms with E-state index in [0.717, 1.165) is 21.7 Å².